The Bertz CT molecular complexity index is 106. The molecule has 1 N–H and O–H groups in total. The molecule has 0 spiro atoms. The van der Waals surface area contributed by atoms with Gasteiger partial charge in [-0.1, -0.05) is 12.0 Å². The van der Waals surface area contributed by atoms with Crippen LogP contribution >= 0.6 is 0 Å². The molecule has 0 saturated heterocycles. The van der Waals surface area contributed by atoms with Crippen molar-refractivity contribution in [3.63, 3.8) is 0 Å². The average Bonchev–Trinajstić information content (AvgIpc) is 1.67. The SMILES string of the molecule is CC(O)C(C)N=[N+]=[N-]. The topological polar surface area (TPSA) is 69.0 Å². The van der Waals surface area contributed by atoms with Gasteiger partial charge in [-0.25, -0.2) is 0 Å². The normalized spacial score (nSPS) is 16.4. The fourth-order valence-electron chi connectivity index (χ4n) is 0.178. The van der Waals surface area contributed by atoms with Crippen LogP contribution in [0.15, 0.2) is 5.11 Å². The highest BCUT2D eigenvalue weighted by molar-refractivity contribution is 4.65. The summed E-state index contributed by atoms with van der Waals surface area (Å²) in [5.41, 5.74) is 7.83. The van der Waals surface area contributed by atoms with E-state index in [-0.39, 0.29) is 6.04 Å². The van der Waals surface area contributed by atoms with Gasteiger partial charge in [0.25, 0.3) is 0 Å². The number of aliphatic hydroxyl groups excluding tert-OH is 1. The van der Waals surface area contributed by atoms with Crippen LogP contribution in [-0.4, -0.2) is 17.3 Å². The van der Waals surface area contributed by atoms with Crippen LogP contribution in [0.5, 0.6) is 0 Å². The highest BCUT2D eigenvalue weighted by Crippen LogP contribution is 1.95. The first kappa shape index (κ1) is 7.27. The molecular formula is C4H9N3O. The van der Waals surface area contributed by atoms with Gasteiger partial charge in [0.1, 0.15) is 0 Å². The van der Waals surface area contributed by atoms with E-state index in [0.29, 0.717) is 0 Å². The maximum absolute atomic E-state index is 8.69. The molecule has 4 nitrogen and oxygen atoms in total. The quantitative estimate of drug-likeness (QED) is 0.326. The minimum atomic E-state index is -0.550. The van der Waals surface area contributed by atoms with Gasteiger partial charge >= 0.3 is 0 Å². The third kappa shape index (κ3) is 2.44. The maximum Gasteiger partial charge on any atom is 0.0602 e. The summed E-state index contributed by atoms with van der Waals surface area (Å²) in [5.74, 6) is 0. The molecule has 0 bridgehead atoms. The Labute approximate surface area is 47.8 Å². The summed E-state index contributed by atoms with van der Waals surface area (Å²) in [4.78, 5) is 2.52. The Hall–Kier alpha value is -0.730. The first-order valence-corrected chi connectivity index (χ1v) is 2.40. The zero-order chi connectivity index (χ0) is 6.57. The molecule has 0 amide bonds. The molecule has 0 aliphatic carbocycles. The number of azide groups is 1. The first-order valence-electron chi connectivity index (χ1n) is 2.40. The van der Waals surface area contributed by atoms with E-state index in [9.17, 15) is 0 Å². The van der Waals surface area contributed by atoms with Crippen molar-refractivity contribution in [2.75, 3.05) is 0 Å². The van der Waals surface area contributed by atoms with E-state index in [1.807, 2.05) is 0 Å². The summed E-state index contributed by atoms with van der Waals surface area (Å²) in [5, 5.41) is 11.9. The molecule has 0 rings (SSSR count). The minimum absolute atomic E-state index is 0.319. The molecule has 4 heteroatoms. The van der Waals surface area contributed by atoms with Gasteiger partial charge in [0.2, 0.25) is 0 Å². The van der Waals surface area contributed by atoms with E-state index >= 15 is 0 Å². The fraction of sp³-hybridized carbons (Fsp3) is 1.00. The molecule has 0 heterocycles. The predicted octanol–water partition coefficient (Wildman–Crippen LogP) is 1.07. The smallest absolute Gasteiger partial charge is 0.0602 e. The third-order valence-electron chi connectivity index (χ3n) is 0.932. The van der Waals surface area contributed by atoms with E-state index in [4.69, 9.17) is 10.6 Å². The summed E-state index contributed by atoms with van der Waals surface area (Å²) >= 11 is 0. The van der Waals surface area contributed by atoms with Gasteiger partial charge in [0.15, 0.2) is 0 Å². The molecule has 0 saturated carbocycles. The molecule has 2 unspecified atom stereocenters. The molecule has 0 aliphatic rings. The Morgan fingerprint density at radius 1 is 1.62 bits per heavy atom. The summed E-state index contributed by atoms with van der Waals surface area (Å²) in [6, 6.07) is -0.319. The molecule has 8 heavy (non-hydrogen) atoms. The predicted molar refractivity (Wildman–Crippen MR) is 30.3 cm³/mol. The van der Waals surface area contributed by atoms with Crippen molar-refractivity contribution in [1.29, 1.82) is 0 Å². The lowest BCUT2D eigenvalue weighted by molar-refractivity contribution is 0.170. The van der Waals surface area contributed by atoms with Crippen LogP contribution < -0.4 is 0 Å². The van der Waals surface area contributed by atoms with Crippen molar-refractivity contribution < 1.29 is 5.11 Å². The van der Waals surface area contributed by atoms with E-state index in [2.05, 4.69) is 10.0 Å². The van der Waals surface area contributed by atoms with Crippen LogP contribution in [0.1, 0.15) is 13.8 Å². The molecule has 46 valence electrons. The molecule has 0 aromatic heterocycles. The first-order chi connectivity index (χ1) is 3.68. The number of rotatable bonds is 2. The largest absolute Gasteiger partial charge is 0.393 e. The van der Waals surface area contributed by atoms with Gasteiger partial charge < -0.3 is 5.11 Å². The van der Waals surface area contributed by atoms with Crippen LogP contribution in [0, 0.1) is 0 Å². The van der Waals surface area contributed by atoms with E-state index in [1.165, 1.54) is 0 Å². The maximum atomic E-state index is 8.69. The van der Waals surface area contributed by atoms with Crippen molar-refractivity contribution in [2.24, 2.45) is 5.11 Å². The monoisotopic (exact) mass is 115 g/mol. The van der Waals surface area contributed by atoms with Gasteiger partial charge in [-0.2, -0.15) is 0 Å². The van der Waals surface area contributed by atoms with Crippen LogP contribution in [0.2, 0.25) is 0 Å². The Morgan fingerprint density at radius 3 is 2.25 bits per heavy atom. The van der Waals surface area contributed by atoms with Crippen molar-refractivity contribution in [2.45, 2.75) is 26.0 Å². The summed E-state index contributed by atoms with van der Waals surface area (Å²) in [7, 11) is 0. The zero-order valence-electron chi connectivity index (χ0n) is 4.94. The van der Waals surface area contributed by atoms with Crippen molar-refractivity contribution in [3.05, 3.63) is 10.4 Å². The van der Waals surface area contributed by atoms with Gasteiger partial charge in [0.05, 0.1) is 12.1 Å². The average molecular weight is 115 g/mol. The van der Waals surface area contributed by atoms with Crippen molar-refractivity contribution in [3.8, 4) is 0 Å². The zero-order valence-corrected chi connectivity index (χ0v) is 4.94. The van der Waals surface area contributed by atoms with Gasteiger partial charge in [0, 0.05) is 4.91 Å². The van der Waals surface area contributed by atoms with Crippen molar-refractivity contribution in [1.82, 2.24) is 0 Å². The number of hydrogen-bond acceptors (Lipinski definition) is 2. The minimum Gasteiger partial charge on any atom is -0.393 e. The van der Waals surface area contributed by atoms with E-state index < -0.39 is 6.10 Å². The number of aliphatic hydroxyl groups is 1. The lowest BCUT2D eigenvalue weighted by Crippen LogP contribution is -2.15. The van der Waals surface area contributed by atoms with Gasteiger partial charge in [-0.15, -0.1) is 0 Å². The molecule has 0 aliphatic heterocycles. The van der Waals surface area contributed by atoms with Crippen LogP contribution in [0.25, 0.3) is 10.4 Å². The summed E-state index contributed by atoms with van der Waals surface area (Å²) in [6.07, 6.45) is -0.550. The molecule has 0 aromatic carbocycles. The van der Waals surface area contributed by atoms with Crippen LogP contribution in [-0.2, 0) is 0 Å². The van der Waals surface area contributed by atoms with Gasteiger partial charge in [-0.3, -0.25) is 0 Å². The second-order valence-corrected chi connectivity index (χ2v) is 1.69. The lowest BCUT2D eigenvalue weighted by Gasteiger charge is -2.04. The molecule has 0 fully saturated rings. The summed E-state index contributed by atoms with van der Waals surface area (Å²) in [6.45, 7) is 3.24. The Kier molecular flexibility index (Phi) is 2.99. The van der Waals surface area contributed by atoms with E-state index in [1.54, 1.807) is 13.8 Å². The van der Waals surface area contributed by atoms with Crippen LogP contribution in [0.3, 0.4) is 0 Å². The van der Waals surface area contributed by atoms with Crippen LogP contribution in [0.4, 0.5) is 0 Å². The second-order valence-electron chi connectivity index (χ2n) is 1.69. The molecule has 0 radical (unpaired) electrons. The summed E-state index contributed by atoms with van der Waals surface area (Å²) < 4.78 is 0. The lowest BCUT2D eigenvalue weighted by atomic mass is 10.2. The van der Waals surface area contributed by atoms with E-state index in [0.717, 1.165) is 0 Å². The molecule has 0 aromatic rings. The standard InChI is InChI=1S/C4H9N3O/c1-3(4(2)8)6-7-5/h3-4,8H,1-2H3. The fourth-order valence-corrected chi connectivity index (χ4v) is 0.178. The highest BCUT2D eigenvalue weighted by atomic mass is 16.3. The van der Waals surface area contributed by atoms with Crippen molar-refractivity contribution >= 4 is 0 Å². The number of hydrogen-bond donors (Lipinski definition) is 1. The Balaban J connectivity index is 3.63. The second kappa shape index (κ2) is 3.29. The molecule has 2 atom stereocenters. The number of nitrogens with zero attached hydrogens (tertiary/aromatic N) is 3. The molecular weight excluding hydrogens is 106 g/mol. The Morgan fingerprint density at radius 2 is 2.12 bits per heavy atom. The highest BCUT2D eigenvalue weighted by Gasteiger charge is 2.03. The van der Waals surface area contributed by atoms with Gasteiger partial charge in [-0.05, 0) is 12.5 Å². The third-order valence-corrected chi connectivity index (χ3v) is 0.932.